The van der Waals surface area contributed by atoms with E-state index >= 15 is 0 Å². The summed E-state index contributed by atoms with van der Waals surface area (Å²) in [4.78, 5) is 27.5. The molecular formula is C13H12N2O4S. The third-order valence-electron chi connectivity index (χ3n) is 2.50. The number of carbonyl (C=O) groups is 2. The lowest BCUT2D eigenvalue weighted by Crippen LogP contribution is -2.27. The van der Waals surface area contributed by atoms with Crippen molar-refractivity contribution < 1.29 is 19.5 Å². The third-order valence-corrected chi connectivity index (χ3v) is 3.46. The van der Waals surface area contributed by atoms with Crippen molar-refractivity contribution in [1.82, 2.24) is 5.48 Å². The SMILES string of the molecule is CONC(=O)Nc1ccc(-c2sccc2C(=O)O)cc1. The van der Waals surface area contributed by atoms with Gasteiger partial charge in [-0.1, -0.05) is 12.1 Å². The molecular weight excluding hydrogens is 280 g/mol. The van der Waals surface area contributed by atoms with Gasteiger partial charge in [0.2, 0.25) is 0 Å². The molecule has 0 spiro atoms. The van der Waals surface area contributed by atoms with Crippen molar-refractivity contribution >= 4 is 29.0 Å². The van der Waals surface area contributed by atoms with Gasteiger partial charge >= 0.3 is 12.0 Å². The highest BCUT2D eigenvalue weighted by Gasteiger charge is 2.13. The van der Waals surface area contributed by atoms with Gasteiger partial charge in [-0.15, -0.1) is 11.3 Å². The number of amides is 2. The van der Waals surface area contributed by atoms with E-state index in [2.05, 4.69) is 15.6 Å². The maximum absolute atomic E-state index is 11.2. The molecule has 2 amide bonds. The van der Waals surface area contributed by atoms with Crippen molar-refractivity contribution in [2.75, 3.05) is 12.4 Å². The normalized spacial score (nSPS) is 10.1. The first kappa shape index (κ1) is 14.0. The topological polar surface area (TPSA) is 87.7 Å². The Kier molecular flexibility index (Phi) is 4.34. The molecule has 2 rings (SSSR count). The van der Waals surface area contributed by atoms with Crippen LogP contribution >= 0.6 is 11.3 Å². The monoisotopic (exact) mass is 292 g/mol. The number of carboxylic acid groups (broad SMARTS) is 1. The third kappa shape index (κ3) is 3.14. The fraction of sp³-hybridized carbons (Fsp3) is 0.0769. The Bertz CT molecular complexity index is 622. The average molecular weight is 292 g/mol. The summed E-state index contributed by atoms with van der Waals surface area (Å²) in [5.41, 5.74) is 3.77. The molecule has 3 N–H and O–H groups in total. The Morgan fingerprint density at radius 2 is 1.90 bits per heavy atom. The van der Waals surface area contributed by atoms with E-state index in [0.717, 1.165) is 5.56 Å². The molecule has 0 atom stereocenters. The zero-order valence-electron chi connectivity index (χ0n) is 10.5. The van der Waals surface area contributed by atoms with Crippen LogP contribution in [-0.4, -0.2) is 24.2 Å². The van der Waals surface area contributed by atoms with Crippen LogP contribution in [0.4, 0.5) is 10.5 Å². The maximum atomic E-state index is 11.2. The molecule has 0 aliphatic heterocycles. The molecule has 2 aromatic rings. The number of nitrogens with one attached hydrogen (secondary N) is 2. The number of urea groups is 1. The van der Waals surface area contributed by atoms with Crippen LogP contribution < -0.4 is 10.8 Å². The van der Waals surface area contributed by atoms with Crippen molar-refractivity contribution in [2.24, 2.45) is 0 Å². The number of benzene rings is 1. The summed E-state index contributed by atoms with van der Waals surface area (Å²) in [6.07, 6.45) is 0. The Morgan fingerprint density at radius 1 is 1.20 bits per heavy atom. The number of hydrogen-bond donors (Lipinski definition) is 3. The Balaban J connectivity index is 2.18. The summed E-state index contributed by atoms with van der Waals surface area (Å²) in [6.45, 7) is 0. The molecule has 0 saturated heterocycles. The maximum Gasteiger partial charge on any atom is 0.343 e. The zero-order valence-corrected chi connectivity index (χ0v) is 11.4. The molecule has 0 unspecified atom stereocenters. The molecule has 0 aliphatic carbocycles. The fourth-order valence-corrected chi connectivity index (χ4v) is 2.55. The van der Waals surface area contributed by atoms with Crippen molar-refractivity contribution in [2.45, 2.75) is 0 Å². The van der Waals surface area contributed by atoms with E-state index in [0.29, 0.717) is 10.6 Å². The van der Waals surface area contributed by atoms with E-state index in [9.17, 15) is 9.59 Å². The molecule has 1 aromatic carbocycles. The van der Waals surface area contributed by atoms with E-state index in [-0.39, 0.29) is 5.56 Å². The van der Waals surface area contributed by atoms with Crippen LogP contribution in [0.25, 0.3) is 10.4 Å². The number of thiophene rings is 1. The van der Waals surface area contributed by atoms with Crippen molar-refractivity contribution in [1.29, 1.82) is 0 Å². The minimum absolute atomic E-state index is 0.271. The lowest BCUT2D eigenvalue weighted by molar-refractivity contribution is 0.0698. The molecule has 1 heterocycles. The number of aromatic carboxylic acids is 1. The van der Waals surface area contributed by atoms with Crippen LogP contribution in [-0.2, 0) is 4.84 Å². The van der Waals surface area contributed by atoms with Crippen molar-refractivity contribution in [3.8, 4) is 10.4 Å². The number of rotatable bonds is 4. The minimum Gasteiger partial charge on any atom is -0.478 e. The van der Waals surface area contributed by atoms with Crippen LogP contribution in [0.2, 0.25) is 0 Å². The van der Waals surface area contributed by atoms with Gasteiger partial charge in [0.15, 0.2) is 0 Å². The van der Waals surface area contributed by atoms with Gasteiger partial charge in [-0.25, -0.2) is 15.1 Å². The van der Waals surface area contributed by atoms with Gasteiger partial charge < -0.3 is 10.4 Å². The Labute approximate surface area is 119 Å². The summed E-state index contributed by atoms with van der Waals surface area (Å²) in [7, 11) is 1.34. The van der Waals surface area contributed by atoms with Gasteiger partial charge in [0.1, 0.15) is 0 Å². The first-order valence-electron chi connectivity index (χ1n) is 5.63. The highest BCUT2D eigenvalue weighted by Crippen LogP contribution is 2.30. The van der Waals surface area contributed by atoms with Crippen molar-refractivity contribution in [3.63, 3.8) is 0 Å². The van der Waals surface area contributed by atoms with E-state index in [1.165, 1.54) is 18.4 Å². The van der Waals surface area contributed by atoms with Gasteiger partial charge in [0.05, 0.1) is 12.7 Å². The zero-order chi connectivity index (χ0) is 14.5. The first-order valence-corrected chi connectivity index (χ1v) is 6.51. The molecule has 0 radical (unpaired) electrons. The van der Waals surface area contributed by atoms with E-state index in [1.54, 1.807) is 35.7 Å². The van der Waals surface area contributed by atoms with E-state index in [1.807, 2.05) is 0 Å². The summed E-state index contributed by atoms with van der Waals surface area (Å²) < 4.78 is 0. The second-order valence-electron chi connectivity index (χ2n) is 3.81. The predicted molar refractivity (Wildman–Crippen MR) is 75.9 cm³/mol. The van der Waals surface area contributed by atoms with Gasteiger partial charge in [-0.05, 0) is 29.1 Å². The molecule has 6 nitrogen and oxygen atoms in total. The number of hydroxylamine groups is 1. The molecule has 104 valence electrons. The summed E-state index contributed by atoms with van der Waals surface area (Å²) >= 11 is 1.36. The first-order chi connectivity index (χ1) is 9.61. The lowest BCUT2D eigenvalue weighted by Gasteiger charge is -2.06. The summed E-state index contributed by atoms with van der Waals surface area (Å²) in [6, 6.07) is 7.97. The van der Waals surface area contributed by atoms with E-state index < -0.39 is 12.0 Å². The summed E-state index contributed by atoms with van der Waals surface area (Å²) in [5, 5.41) is 13.4. The van der Waals surface area contributed by atoms with Crippen molar-refractivity contribution in [3.05, 3.63) is 41.3 Å². The smallest absolute Gasteiger partial charge is 0.343 e. The molecule has 1 aromatic heterocycles. The molecule has 0 aliphatic rings. The quantitative estimate of drug-likeness (QED) is 0.756. The highest BCUT2D eigenvalue weighted by molar-refractivity contribution is 7.14. The van der Waals surface area contributed by atoms with Gasteiger partial charge in [-0.2, -0.15) is 0 Å². The molecule has 0 bridgehead atoms. The standard InChI is InChI=1S/C13H12N2O4S/c1-19-15-13(18)14-9-4-2-8(3-5-9)11-10(12(16)17)6-7-20-11/h2-7H,1H3,(H,16,17)(H2,14,15,18). The van der Waals surface area contributed by atoms with E-state index in [4.69, 9.17) is 5.11 Å². The second kappa shape index (κ2) is 6.18. The molecule has 0 fully saturated rings. The Hall–Kier alpha value is -2.38. The van der Waals surface area contributed by atoms with Crippen LogP contribution in [0.1, 0.15) is 10.4 Å². The Morgan fingerprint density at radius 3 is 2.50 bits per heavy atom. The number of carbonyl (C=O) groups excluding carboxylic acids is 1. The number of hydrogen-bond acceptors (Lipinski definition) is 4. The fourth-order valence-electron chi connectivity index (χ4n) is 1.66. The van der Waals surface area contributed by atoms with Crippen LogP contribution in [0.15, 0.2) is 35.7 Å². The van der Waals surface area contributed by atoms with Gasteiger partial charge in [-0.3, -0.25) is 4.84 Å². The highest BCUT2D eigenvalue weighted by atomic mass is 32.1. The second-order valence-corrected chi connectivity index (χ2v) is 4.72. The number of carboxylic acids is 1. The molecule has 0 saturated carbocycles. The van der Waals surface area contributed by atoms with Crippen LogP contribution in [0, 0.1) is 0 Å². The predicted octanol–water partition coefficient (Wildman–Crippen LogP) is 2.80. The van der Waals surface area contributed by atoms with Crippen LogP contribution in [0.5, 0.6) is 0 Å². The lowest BCUT2D eigenvalue weighted by atomic mass is 10.1. The number of anilines is 1. The molecule has 7 heteroatoms. The minimum atomic E-state index is -0.956. The largest absolute Gasteiger partial charge is 0.478 e. The average Bonchev–Trinajstić information content (AvgIpc) is 2.89. The van der Waals surface area contributed by atoms with Gasteiger partial charge in [0.25, 0.3) is 0 Å². The van der Waals surface area contributed by atoms with Gasteiger partial charge in [0, 0.05) is 10.6 Å². The molecule has 20 heavy (non-hydrogen) atoms. The van der Waals surface area contributed by atoms with Crippen LogP contribution in [0.3, 0.4) is 0 Å². The summed E-state index contributed by atoms with van der Waals surface area (Å²) in [5.74, 6) is -0.956.